The first-order valence-corrected chi connectivity index (χ1v) is 13.0. The van der Waals surface area contributed by atoms with E-state index in [1.807, 2.05) is 50.2 Å². The van der Waals surface area contributed by atoms with Crippen molar-refractivity contribution in [3.8, 4) is 11.5 Å². The van der Waals surface area contributed by atoms with Gasteiger partial charge in [0.25, 0.3) is 0 Å². The van der Waals surface area contributed by atoms with E-state index in [0.29, 0.717) is 48.0 Å². The molecule has 0 N–H and O–H groups in total. The van der Waals surface area contributed by atoms with Crippen LogP contribution in [0.5, 0.6) is 0 Å². The fourth-order valence-electron chi connectivity index (χ4n) is 4.73. The summed E-state index contributed by atoms with van der Waals surface area (Å²) in [5.41, 5.74) is 2.74. The SMILES string of the molecule is CCC(=O)c1cc2nc(-c3ccccn3)n(C3COCC(CC(=O)c4ccc(C)s4)C3)c2cc1Cl. The van der Waals surface area contributed by atoms with Crippen LogP contribution < -0.4 is 0 Å². The molecule has 1 aliphatic rings. The van der Waals surface area contributed by atoms with E-state index in [2.05, 4.69) is 9.55 Å². The number of rotatable bonds is 7. The third-order valence-corrected chi connectivity index (χ3v) is 7.77. The molecule has 4 heterocycles. The van der Waals surface area contributed by atoms with Crippen molar-refractivity contribution in [1.29, 1.82) is 0 Å². The molecule has 0 radical (unpaired) electrons. The fourth-order valence-corrected chi connectivity index (χ4v) is 5.81. The Hall–Kier alpha value is -2.87. The molecule has 0 saturated carbocycles. The van der Waals surface area contributed by atoms with Gasteiger partial charge in [-0.3, -0.25) is 14.6 Å². The number of thiophene rings is 1. The quantitative estimate of drug-likeness (QED) is 0.265. The van der Waals surface area contributed by atoms with Gasteiger partial charge in [-0.25, -0.2) is 4.98 Å². The molecule has 1 fully saturated rings. The highest BCUT2D eigenvalue weighted by Crippen LogP contribution is 2.36. The molecule has 6 nitrogen and oxygen atoms in total. The number of carbonyl (C=O) groups is 2. The molecule has 180 valence electrons. The number of ether oxygens (including phenoxy) is 1. The maximum atomic E-state index is 12.9. The average Bonchev–Trinajstić information content (AvgIpc) is 3.47. The van der Waals surface area contributed by atoms with Crippen molar-refractivity contribution >= 4 is 45.5 Å². The second-order valence-electron chi connectivity index (χ2n) is 8.95. The number of halogens is 1. The number of hydrogen-bond acceptors (Lipinski definition) is 6. The molecular formula is C27H26ClN3O3S. The Labute approximate surface area is 212 Å². The van der Waals surface area contributed by atoms with Crippen LogP contribution in [0.2, 0.25) is 5.02 Å². The van der Waals surface area contributed by atoms with Gasteiger partial charge >= 0.3 is 0 Å². The highest BCUT2D eigenvalue weighted by Gasteiger charge is 2.30. The molecule has 1 aromatic carbocycles. The number of imidazole rings is 1. The van der Waals surface area contributed by atoms with Crippen molar-refractivity contribution < 1.29 is 14.3 Å². The summed E-state index contributed by atoms with van der Waals surface area (Å²) in [6.45, 7) is 4.88. The number of Topliss-reactive ketones (excluding diaryl/α,β-unsaturated/α-hetero) is 2. The molecule has 1 aliphatic heterocycles. The number of aryl methyl sites for hydroxylation is 1. The zero-order valence-electron chi connectivity index (χ0n) is 19.7. The van der Waals surface area contributed by atoms with Gasteiger partial charge in [-0.1, -0.05) is 24.6 Å². The van der Waals surface area contributed by atoms with Crippen LogP contribution in [0.3, 0.4) is 0 Å². The molecule has 35 heavy (non-hydrogen) atoms. The highest BCUT2D eigenvalue weighted by atomic mass is 35.5. The van der Waals surface area contributed by atoms with Crippen molar-refractivity contribution in [2.24, 2.45) is 5.92 Å². The van der Waals surface area contributed by atoms with Gasteiger partial charge in [-0.05, 0) is 55.7 Å². The molecule has 0 spiro atoms. The van der Waals surface area contributed by atoms with Crippen LogP contribution in [-0.4, -0.2) is 39.3 Å². The van der Waals surface area contributed by atoms with Gasteiger partial charge in [0.05, 0.1) is 40.2 Å². The molecule has 8 heteroatoms. The summed E-state index contributed by atoms with van der Waals surface area (Å²) < 4.78 is 8.13. The zero-order valence-corrected chi connectivity index (χ0v) is 21.2. The molecular weight excluding hydrogens is 482 g/mol. The number of aromatic nitrogens is 3. The monoisotopic (exact) mass is 507 g/mol. The maximum Gasteiger partial charge on any atom is 0.173 e. The fraction of sp³-hybridized carbons (Fsp3) is 0.333. The van der Waals surface area contributed by atoms with Gasteiger partial charge in [0.1, 0.15) is 5.69 Å². The number of carbonyl (C=O) groups excluding carboxylic acids is 2. The maximum absolute atomic E-state index is 12.9. The van der Waals surface area contributed by atoms with Crippen LogP contribution in [0.15, 0.2) is 48.7 Å². The van der Waals surface area contributed by atoms with Crippen molar-refractivity contribution in [1.82, 2.24) is 14.5 Å². The van der Waals surface area contributed by atoms with Crippen molar-refractivity contribution in [2.75, 3.05) is 13.2 Å². The summed E-state index contributed by atoms with van der Waals surface area (Å²) in [4.78, 5) is 36.6. The van der Waals surface area contributed by atoms with Gasteiger partial charge in [0.15, 0.2) is 17.4 Å². The molecule has 5 rings (SSSR count). The summed E-state index contributed by atoms with van der Waals surface area (Å²) in [6.07, 6.45) is 3.32. The standard InChI is InChI=1S/C27H26ClN3O3S/c1-3-24(32)19-12-22-23(13-20(19)28)31(27(30-22)21-6-4-5-9-29-21)18-10-17(14-34-15-18)11-25(33)26-8-7-16(2)35-26/h4-9,12-13,17-18H,3,10-11,14-15H2,1-2H3. The van der Waals surface area contributed by atoms with Crippen LogP contribution in [-0.2, 0) is 4.74 Å². The Morgan fingerprint density at radius 3 is 2.74 bits per heavy atom. The largest absolute Gasteiger partial charge is 0.379 e. The number of pyridine rings is 1. The zero-order chi connectivity index (χ0) is 24.5. The second-order valence-corrected chi connectivity index (χ2v) is 10.6. The molecule has 2 unspecified atom stereocenters. The lowest BCUT2D eigenvalue weighted by Crippen LogP contribution is -2.29. The summed E-state index contributed by atoms with van der Waals surface area (Å²) >= 11 is 8.09. The molecule has 0 amide bonds. The van der Waals surface area contributed by atoms with E-state index in [4.69, 9.17) is 21.3 Å². The Morgan fingerprint density at radius 2 is 2.03 bits per heavy atom. The number of ketones is 2. The summed E-state index contributed by atoms with van der Waals surface area (Å²) in [5, 5.41) is 0.412. The smallest absolute Gasteiger partial charge is 0.173 e. The average molecular weight is 508 g/mol. The van der Waals surface area contributed by atoms with E-state index in [-0.39, 0.29) is 23.5 Å². The first-order chi connectivity index (χ1) is 16.9. The highest BCUT2D eigenvalue weighted by molar-refractivity contribution is 7.14. The Kier molecular flexibility index (Phi) is 6.82. The van der Waals surface area contributed by atoms with Crippen LogP contribution in [0, 0.1) is 12.8 Å². The molecule has 4 aromatic rings. The molecule has 0 bridgehead atoms. The number of fused-ring (bicyclic) bond motifs is 1. The van der Waals surface area contributed by atoms with E-state index >= 15 is 0 Å². The van der Waals surface area contributed by atoms with Crippen molar-refractivity contribution in [3.63, 3.8) is 0 Å². The minimum atomic E-state index is -0.0441. The number of nitrogens with zero attached hydrogens (tertiary/aromatic N) is 3. The minimum Gasteiger partial charge on any atom is -0.379 e. The van der Waals surface area contributed by atoms with E-state index in [9.17, 15) is 9.59 Å². The van der Waals surface area contributed by atoms with Crippen LogP contribution >= 0.6 is 22.9 Å². The first kappa shape index (κ1) is 23.9. The third-order valence-electron chi connectivity index (χ3n) is 6.42. The molecule has 1 saturated heterocycles. The van der Waals surface area contributed by atoms with E-state index in [1.165, 1.54) is 11.3 Å². The van der Waals surface area contributed by atoms with E-state index in [0.717, 1.165) is 27.4 Å². The van der Waals surface area contributed by atoms with Crippen molar-refractivity contribution in [2.45, 2.75) is 39.2 Å². The minimum absolute atomic E-state index is 0.0192. The lowest BCUT2D eigenvalue weighted by Gasteiger charge is -2.31. The van der Waals surface area contributed by atoms with E-state index < -0.39 is 0 Å². The van der Waals surface area contributed by atoms with Crippen LogP contribution in [0.1, 0.15) is 57.1 Å². The van der Waals surface area contributed by atoms with Crippen LogP contribution in [0.25, 0.3) is 22.6 Å². The molecule has 2 atom stereocenters. The van der Waals surface area contributed by atoms with Gasteiger partial charge < -0.3 is 9.30 Å². The van der Waals surface area contributed by atoms with E-state index in [1.54, 1.807) is 12.3 Å². The van der Waals surface area contributed by atoms with Gasteiger partial charge in [-0.15, -0.1) is 11.3 Å². The first-order valence-electron chi connectivity index (χ1n) is 11.8. The molecule has 3 aromatic heterocycles. The predicted molar refractivity (Wildman–Crippen MR) is 139 cm³/mol. The van der Waals surface area contributed by atoms with Gasteiger partial charge in [0.2, 0.25) is 0 Å². The predicted octanol–water partition coefficient (Wildman–Crippen LogP) is 6.56. The molecule has 0 aliphatic carbocycles. The Bertz CT molecular complexity index is 1400. The number of hydrogen-bond donors (Lipinski definition) is 0. The lowest BCUT2D eigenvalue weighted by molar-refractivity contribution is 0.0189. The van der Waals surface area contributed by atoms with Crippen LogP contribution in [0.4, 0.5) is 0 Å². The Balaban J connectivity index is 1.53. The lowest BCUT2D eigenvalue weighted by atomic mass is 9.92. The van der Waals surface area contributed by atoms with Gasteiger partial charge in [-0.2, -0.15) is 0 Å². The summed E-state index contributed by atoms with van der Waals surface area (Å²) in [6, 6.07) is 13.1. The number of benzene rings is 1. The topological polar surface area (TPSA) is 74.1 Å². The summed E-state index contributed by atoms with van der Waals surface area (Å²) in [5.74, 6) is 0.930. The van der Waals surface area contributed by atoms with Crippen molar-refractivity contribution in [3.05, 3.63) is 69.0 Å². The Morgan fingerprint density at radius 1 is 1.17 bits per heavy atom. The second kappa shape index (κ2) is 10.0. The normalized spacial score (nSPS) is 18.1. The third kappa shape index (κ3) is 4.81. The summed E-state index contributed by atoms with van der Waals surface area (Å²) in [7, 11) is 0. The van der Waals surface area contributed by atoms with Gasteiger partial charge in [0, 0.05) is 29.5 Å².